The van der Waals surface area contributed by atoms with Crippen LogP contribution in [0.4, 0.5) is 0 Å². The summed E-state index contributed by atoms with van der Waals surface area (Å²) < 4.78 is 151. The van der Waals surface area contributed by atoms with Crippen LogP contribution in [0.15, 0.2) is 159 Å². The zero-order valence-electron chi connectivity index (χ0n) is 38.6. The summed E-state index contributed by atoms with van der Waals surface area (Å²) in [6, 6.07) is 7.79. The molecule has 0 amide bonds. The van der Waals surface area contributed by atoms with Crippen molar-refractivity contribution < 1.29 is 170 Å². The Balaban J connectivity index is 0.00000267. The maximum absolute atomic E-state index is 12.6. The summed E-state index contributed by atoms with van der Waals surface area (Å²) in [7, 11) is -21.2. The molecule has 4 aromatic carbocycles. The second-order valence-electron chi connectivity index (χ2n) is 15.1. The van der Waals surface area contributed by atoms with E-state index in [1.165, 1.54) is 48.6 Å². The Labute approximate surface area is 562 Å². The first-order valence-corrected chi connectivity index (χ1v) is 28.1. The van der Waals surface area contributed by atoms with Crippen LogP contribution in [0.25, 0.3) is 22.3 Å². The number of nitrogens with zero attached hydrogens (tertiary/aromatic N) is 4. The van der Waals surface area contributed by atoms with Gasteiger partial charge in [0.15, 0.2) is 0 Å². The van der Waals surface area contributed by atoms with Crippen LogP contribution >= 0.6 is 92.8 Å². The largest absolute Gasteiger partial charge is 1.00 e. The van der Waals surface area contributed by atoms with E-state index in [1.807, 2.05) is 0 Å². The minimum atomic E-state index is -5.30. The molecule has 0 atom stereocenters. The van der Waals surface area contributed by atoms with Crippen molar-refractivity contribution in [3.63, 3.8) is 0 Å². The maximum atomic E-state index is 12.6. The van der Waals surface area contributed by atoms with E-state index in [2.05, 4.69) is 0 Å². The molecule has 76 heavy (non-hydrogen) atoms. The monoisotopic (exact) mass is 1290 g/mol. The Hall–Kier alpha value is -0.560. The van der Waals surface area contributed by atoms with Crippen LogP contribution in [0, 0.1) is 0 Å². The van der Waals surface area contributed by atoms with E-state index in [0.717, 1.165) is 48.5 Å². The standard InChI is InChI=1S/C44H20Cl8N4O12S4.4Na/c45-17-1-13-29(69(57,58)59)41(49)33(17)37-21-5-7-23(53-21)38(34-18(46)2-14-30(42(34)50)70(60,61)62)25-9-11-27(55-25)40(36-20(48)4-16-32(44(36)52)72(66,67)68)28-12-10-26(56-28)39(24-8-6-22(37)54-24)35-19(47)3-15-31(43(35)51)71(63,64)65;;;;/h1-16H,(H,57,58,59)(H,60,61,62)(H,63,64,65)(H,66,67,68);;;;/q;4*+1/p-4. The number of hydrogen-bond acceptors (Lipinski definition) is 16. The van der Waals surface area contributed by atoms with E-state index in [1.54, 1.807) is 0 Å². The summed E-state index contributed by atoms with van der Waals surface area (Å²) in [5.41, 5.74) is -2.99. The van der Waals surface area contributed by atoms with Gasteiger partial charge in [-0.05, 0) is 97.1 Å². The van der Waals surface area contributed by atoms with Gasteiger partial charge in [0, 0.05) is 44.5 Å². The summed E-state index contributed by atoms with van der Waals surface area (Å²) in [5, 5.41) is -3.67. The first kappa shape index (κ1) is 66.2. The van der Waals surface area contributed by atoms with Gasteiger partial charge in [-0.1, -0.05) is 92.8 Å². The van der Waals surface area contributed by atoms with Gasteiger partial charge in [-0.15, -0.1) is 0 Å². The van der Waals surface area contributed by atoms with Crippen molar-refractivity contribution in [2.45, 2.75) is 19.6 Å². The van der Waals surface area contributed by atoms with Crippen LogP contribution in [-0.2, 0) is 40.5 Å². The van der Waals surface area contributed by atoms with Gasteiger partial charge >= 0.3 is 118 Å². The zero-order valence-corrected chi connectivity index (χ0v) is 55.9. The molecule has 8 bridgehead atoms. The van der Waals surface area contributed by atoms with Crippen LogP contribution in [-0.4, -0.2) is 74.7 Å². The van der Waals surface area contributed by atoms with Crippen LogP contribution < -0.4 is 118 Å². The van der Waals surface area contributed by atoms with Crippen LogP contribution in [0.3, 0.4) is 0 Å². The second kappa shape index (κ2) is 24.7. The maximum Gasteiger partial charge on any atom is 1.00 e. The molecule has 5 aliphatic rings. The number of fused-ring (bicyclic) bond motifs is 4. The van der Waals surface area contributed by atoms with E-state index in [-0.39, 0.29) is 229 Å². The summed E-state index contributed by atoms with van der Waals surface area (Å²) in [6.45, 7) is 0. The predicted molar refractivity (Wildman–Crippen MR) is 272 cm³/mol. The van der Waals surface area contributed by atoms with Gasteiger partial charge < -0.3 is 18.2 Å². The molecule has 0 unspecified atom stereocenters. The number of rotatable bonds is 8. The molecule has 0 saturated carbocycles. The van der Waals surface area contributed by atoms with Crippen molar-refractivity contribution in [1.82, 2.24) is 0 Å². The molecule has 5 heterocycles. The van der Waals surface area contributed by atoms with Gasteiger partial charge in [-0.25, -0.2) is 53.6 Å². The normalized spacial score (nSPS) is 16.1. The van der Waals surface area contributed by atoms with Gasteiger partial charge in [0.1, 0.15) is 40.5 Å². The molecule has 0 fully saturated rings. The molecule has 5 aliphatic heterocycles. The van der Waals surface area contributed by atoms with Crippen LogP contribution in [0.2, 0.25) is 40.2 Å². The predicted octanol–water partition coefficient (Wildman–Crippen LogP) is -1.45. The van der Waals surface area contributed by atoms with Gasteiger partial charge in [0.05, 0.1) is 105 Å². The molecule has 9 rings (SSSR count). The third-order valence-electron chi connectivity index (χ3n) is 10.9. The Morgan fingerprint density at radius 2 is 0.461 bits per heavy atom. The Kier molecular flexibility index (Phi) is 21.5. The molecule has 0 aliphatic carbocycles. The minimum absolute atomic E-state index is 0. The van der Waals surface area contributed by atoms with Gasteiger partial charge in [0.25, 0.3) is 0 Å². The van der Waals surface area contributed by atoms with Crippen molar-refractivity contribution in [3.05, 3.63) is 182 Å². The summed E-state index contributed by atoms with van der Waals surface area (Å²) in [4.78, 5) is 15.6. The van der Waals surface area contributed by atoms with Gasteiger partial charge in [-0.2, -0.15) is 0 Å². The third-order valence-corrected chi connectivity index (χ3v) is 17.7. The summed E-state index contributed by atoms with van der Waals surface area (Å²) in [5.74, 6) is 0. The quantitative estimate of drug-likeness (QED) is 0.145. The second-order valence-corrected chi connectivity index (χ2v) is 23.6. The molecule has 32 heteroatoms. The fourth-order valence-electron chi connectivity index (χ4n) is 7.93. The first-order chi connectivity index (χ1) is 33.6. The van der Waals surface area contributed by atoms with E-state index < -0.39 is 80.1 Å². The fraction of sp³-hybridized carbons (Fsp3) is 0. The number of allylic oxidation sites excluding steroid dienone is 12. The molecule has 0 saturated heterocycles. The number of hydrogen-bond donors (Lipinski definition) is 0. The van der Waals surface area contributed by atoms with Crippen molar-refractivity contribution >= 4 is 178 Å². The van der Waals surface area contributed by atoms with Crippen molar-refractivity contribution in [1.29, 1.82) is 0 Å². The molecular weight excluding hydrogens is 1280 g/mol. The summed E-state index contributed by atoms with van der Waals surface area (Å²) >= 11 is 54.1. The molecule has 0 aromatic heterocycles. The number of benzene rings is 4. The average molecular weight is 1300 g/mol. The Morgan fingerprint density at radius 1 is 0.289 bits per heavy atom. The van der Waals surface area contributed by atoms with Crippen molar-refractivity contribution in [2.75, 3.05) is 0 Å². The molecule has 4 aromatic rings. The van der Waals surface area contributed by atoms with Gasteiger partial charge in [-0.3, -0.25) is 0 Å². The minimum Gasteiger partial charge on any atom is -0.744 e. The van der Waals surface area contributed by atoms with E-state index in [4.69, 9.17) is 113 Å². The molecule has 16 nitrogen and oxygen atoms in total. The van der Waals surface area contributed by atoms with E-state index in [9.17, 15) is 51.9 Å². The topological polar surface area (TPSA) is 278 Å². The van der Waals surface area contributed by atoms with Crippen LogP contribution in [0.5, 0.6) is 0 Å². The molecule has 0 N–H and O–H groups in total. The zero-order chi connectivity index (χ0) is 52.3. The first-order valence-electron chi connectivity index (χ1n) is 19.4. The fourth-order valence-corrected chi connectivity index (χ4v) is 13.5. The van der Waals surface area contributed by atoms with Crippen molar-refractivity contribution in [2.24, 2.45) is 20.0 Å². The van der Waals surface area contributed by atoms with E-state index >= 15 is 0 Å². The van der Waals surface area contributed by atoms with Crippen LogP contribution in [0.1, 0.15) is 22.3 Å². The number of aliphatic imine (C=N–C) groups is 4. The molecule has 0 radical (unpaired) electrons. The molecular formula is C44H16Cl8N4Na4O12S4. The Morgan fingerprint density at radius 3 is 0.618 bits per heavy atom. The SMILES string of the molecule is O=S(=O)([O-])c1ccc(Cl)c(C2=C3C=CC(=N3)C(c3c(Cl)ccc(S(=O)(=O)[O-])c3Cl)=C3C=CC(=N3)C(c3c(Cl)ccc(S(=O)(=O)[O-])c3Cl)=C3C=CC(=N3)C(c3c(Cl)ccc(S(=O)(=O)[O-])c3Cl)=C3C=CC2=N3)c1Cl.[Na+].[Na+].[Na+].[Na+]. The van der Waals surface area contributed by atoms with E-state index in [0.29, 0.717) is 0 Å². The third kappa shape index (κ3) is 12.5. The molecule has 0 spiro atoms. The number of halogens is 8. The average Bonchev–Trinajstić information content (AvgIpc) is 4.11. The molecule has 368 valence electrons. The van der Waals surface area contributed by atoms with Gasteiger partial charge in [0.2, 0.25) is 0 Å². The smallest absolute Gasteiger partial charge is 0.744 e. The summed E-state index contributed by atoms with van der Waals surface area (Å²) in [6.07, 6.45) is 10.8. The Bertz CT molecular complexity index is 3660. The van der Waals surface area contributed by atoms with Crippen molar-refractivity contribution in [3.8, 4) is 0 Å².